The van der Waals surface area contributed by atoms with E-state index in [-0.39, 0.29) is 54.3 Å². The second-order valence-corrected chi connectivity index (χ2v) is 7.37. The van der Waals surface area contributed by atoms with Gasteiger partial charge in [0.05, 0.1) is 12.8 Å². The Labute approximate surface area is 203 Å². The van der Waals surface area contributed by atoms with Crippen molar-refractivity contribution in [3.05, 3.63) is 42.5 Å². The van der Waals surface area contributed by atoms with Crippen molar-refractivity contribution in [3.63, 3.8) is 0 Å². The summed E-state index contributed by atoms with van der Waals surface area (Å²) < 4.78 is 14.0. The number of carboxylic acid groups (broad SMARTS) is 1. The number of carboxylic acids is 1. The summed E-state index contributed by atoms with van der Waals surface area (Å²) in [5, 5.41) is 12.6. The molecule has 1 saturated heterocycles. The standard InChI is InChI=1S/C20H27N3O5S.Na.H/c1-15-27-14-16(9-5-2-3-8-12-19(24)25)18(28-15)13-21-22-20(26)23-29-17-10-6-4-7-11-17;;/h2,4-7,10-11,13,15-16,18H,3,8-9,12,14H2,1H3,(H,24,25)(H2,22,23,26);;/b5-2-,21-13+;;/t15-,16+,18+;;/m1../s1. The van der Waals surface area contributed by atoms with Crippen molar-refractivity contribution >= 4 is 59.7 Å². The number of ether oxygens (including phenoxy) is 2. The van der Waals surface area contributed by atoms with Gasteiger partial charge in [-0.3, -0.25) is 9.52 Å². The summed E-state index contributed by atoms with van der Waals surface area (Å²) in [5.74, 6) is -0.717. The zero-order valence-electron chi connectivity index (χ0n) is 16.3. The molecule has 2 rings (SSSR count). The minimum atomic E-state index is -0.781. The molecule has 1 aromatic rings. The summed E-state index contributed by atoms with van der Waals surface area (Å²) in [5.41, 5.74) is 2.43. The first-order chi connectivity index (χ1) is 14.0. The number of hydrogen-bond donors (Lipinski definition) is 3. The molecule has 10 heteroatoms. The molecule has 3 N–H and O–H groups in total. The average Bonchev–Trinajstić information content (AvgIpc) is 2.71. The first-order valence-corrected chi connectivity index (χ1v) is 10.3. The van der Waals surface area contributed by atoms with Crippen LogP contribution in [-0.2, 0) is 14.3 Å². The van der Waals surface area contributed by atoms with Crippen molar-refractivity contribution in [3.8, 4) is 0 Å². The van der Waals surface area contributed by atoms with E-state index >= 15 is 0 Å². The van der Waals surface area contributed by atoms with Crippen LogP contribution in [0.2, 0.25) is 0 Å². The quantitative estimate of drug-likeness (QED) is 0.128. The number of aliphatic carboxylic acids is 1. The van der Waals surface area contributed by atoms with Crippen LogP contribution < -0.4 is 10.1 Å². The molecular weight excluding hydrogens is 417 g/mol. The zero-order valence-corrected chi connectivity index (χ0v) is 17.1. The van der Waals surface area contributed by atoms with Crippen LogP contribution in [-0.4, -0.2) is 71.9 Å². The Morgan fingerprint density at radius 3 is 2.80 bits per heavy atom. The molecule has 1 heterocycles. The van der Waals surface area contributed by atoms with Crippen LogP contribution in [0, 0.1) is 5.92 Å². The number of carbonyl (C=O) groups is 2. The second-order valence-electron chi connectivity index (χ2n) is 6.49. The van der Waals surface area contributed by atoms with Crippen LogP contribution in [0.4, 0.5) is 4.79 Å². The molecule has 0 unspecified atom stereocenters. The topological polar surface area (TPSA) is 109 Å². The molecule has 1 aromatic carbocycles. The van der Waals surface area contributed by atoms with E-state index in [1.807, 2.05) is 49.4 Å². The van der Waals surface area contributed by atoms with Gasteiger partial charge in [-0.1, -0.05) is 30.4 Å². The van der Waals surface area contributed by atoms with Gasteiger partial charge in [0, 0.05) is 17.2 Å². The monoisotopic (exact) mass is 445 g/mol. The fraction of sp³-hybridized carbons (Fsp3) is 0.450. The predicted octanol–water partition coefficient (Wildman–Crippen LogP) is 2.91. The Hall–Kier alpha value is -1.36. The number of unbranched alkanes of at least 4 members (excludes halogenated alkanes) is 1. The van der Waals surface area contributed by atoms with E-state index in [9.17, 15) is 9.59 Å². The SMILES string of the molecule is C[C@@H]1OC[C@H](C/C=C\CCCC(=O)O)[C@H](/C=N/NC(=O)NSc2ccccc2)O1.[NaH]. The molecule has 0 spiro atoms. The third kappa shape index (κ3) is 11.1. The van der Waals surface area contributed by atoms with Gasteiger partial charge in [0.2, 0.25) is 0 Å². The van der Waals surface area contributed by atoms with E-state index in [4.69, 9.17) is 14.6 Å². The van der Waals surface area contributed by atoms with E-state index < -0.39 is 12.0 Å². The van der Waals surface area contributed by atoms with Gasteiger partial charge >= 0.3 is 41.6 Å². The molecule has 0 aromatic heterocycles. The summed E-state index contributed by atoms with van der Waals surface area (Å²) in [4.78, 5) is 23.3. The number of allylic oxidation sites excluding steroid dienone is 2. The van der Waals surface area contributed by atoms with Gasteiger partial charge in [-0.15, -0.1) is 0 Å². The van der Waals surface area contributed by atoms with Gasteiger partial charge in [-0.05, 0) is 50.3 Å². The Kier molecular flexibility index (Phi) is 13.7. The van der Waals surface area contributed by atoms with Gasteiger partial charge in [0.15, 0.2) is 6.29 Å². The number of urea groups is 1. The van der Waals surface area contributed by atoms with Crippen LogP contribution in [0.15, 0.2) is 52.5 Å². The van der Waals surface area contributed by atoms with Crippen LogP contribution in [0.5, 0.6) is 0 Å². The summed E-state index contributed by atoms with van der Waals surface area (Å²) >= 11 is 1.20. The van der Waals surface area contributed by atoms with Crippen molar-refractivity contribution in [2.24, 2.45) is 11.0 Å². The third-order valence-corrected chi connectivity index (χ3v) is 4.91. The Bertz CT molecular complexity index is 705. The molecular formula is C20H28N3NaO5S. The van der Waals surface area contributed by atoms with Crippen molar-refractivity contribution in [1.82, 2.24) is 10.1 Å². The predicted molar refractivity (Wildman–Crippen MR) is 119 cm³/mol. The van der Waals surface area contributed by atoms with E-state index in [1.165, 1.54) is 11.9 Å². The maximum atomic E-state index is 11.8. The molecule has 1 fully saturated rings. The van der Waals surface area contributed by atoms with Crippen molar-refractivity contribution in [1.29, 1.82) is 0 Å². The molecule has 1 aliphatic heterocycles. The van der Waals surface area contributed by atoms with Crippen LogP contribution in [0.1, 0.15) is 32.6 Å². The van der Waals surface area contributed by atoms with E-state index in [0.29, 0.717) is 19.4 Å². The fourth-order valence-corrected chi connectivity index (χ4v) is 3.18. The Balaban J connectivity index is 0.00000450. The van der Waals surface area contributed by atoms with Gasteiger partial charge < -0.3 is 14.6 Å². The number of rotatable bonds is 10. The van der Waals surface area contributed by atoms with Crippen molar-refractivity contribution < 1.29 is 24.2 Å². The summed E-state index contributed by atoms with van der Waals surface area (Å²) in [7, 11) is 0. The number of hydrazone groups is 1. The normalized spacial score (nSPS) is 21.3. The maximum absolute atomic E-state index is 11.8. The number of amides is 2. The average molecular weight is 446 g/mol. The van der Waals surface area contributed by atoms with E-state index in [0.717, 1.165) is 11.3 Å². The molecule has 8 nitrogen and oxygen atoms in total. The van der Waals surface area contributed by atoms with Gasteiger partial charge in [0.25, 0.3) is 0 Å². The number of hydrogen-bond acceptors (Lipinski definition) is 6. The van der Waals surface area contributed by atoms with E-state index in [2.05, 4.69) is 15.2 Å². The molecule has 2 amide bonds. The Morgan fingerprint density at radius 2 is 2.07 bits per heavy atom. The molecule has 0 radical (unpaired) electrons. The van der Waals surface area contributed by atoms with Crippen LogP contribution in [0.3, 0.4) is 0 Å². The van der Waals surface area contributed by atoms with Crippen LogP contribution in [0.25, 0.3) is 0 Å². The minimum absolute atomic E-state index is 0. The summed E-state index contributed by atoms with van der Waals surface area (Å²) in [6.07, 6.45) is 7.15. The van der Waals surface area contributed by atoms with Gasteiger partial charge in [-0.25, -0.2) is 10.2 Å². The molecule has 1 aliphatic rings. The number of carbonyl (C=O) groups excluding carboxylic acids is 1. The third-order valence-electron chi connectivity index (χ3n) is 4.12. The molecule has 0 aliphatic carbocycles. The fourth-order valence-electron chi connectivity index (χ4n) is 2.63. The number of benzene rings is 1. The Morgan fingerprint density at radius 1 is 1.30 bits per heavy atom. The number of nitrogens with zero attached hydrogens (tertiary/aromatic N) is 1. The summed E-state index contributed by atoms with van der Waals surface area (Å²) in [6.45, 7) is 2.34. The second kappa shape index (κ2) is 15.4. The molecule has 0 saturated carbocycles. The number of nitrogens with one attached hydrogen (secondary N) is 2. The van der Waals surface area contributed by atoms with E-state index in [1.54, 1.807) is 6.21 Å². The summed E-state index contributed by atoms with van der Waals surface area (Å²) in [6, 6.07) is 9.06. The van der Waals surface area contributed by atoms with Crippen LogP contribution >= 0.6 is 11.9 Å². The molecule has 3 atom stereocenters. The molecule has 30 heavy (non-hydrogen) atoms. The van der Waals surface area contributed by atoms with Crippen molar-refractivity contribution in [2.75, 3.05) is 6.61 Å². The molecule has 160 valence electrons. The molecule has 0 bridgehead atoms. The van der Waals surface area contributed by atoms with Gasteiger partial charge in [0.1, 0.15) is 6.10 Å². The van der Waals surface area contributed by atoms with Crippen molar-refractivity contribution in [2.45, 2.75) is 49.9 Å². The van der Waals surface area contributed by atoms with Gasteiger partial charge in [-0.2, -0.15) is 5.10 Å². The zero-order chi connectivity index (χ0) is 20.9. The first-order valence-electron chi connectivity index (χ1n) is 9.49. The first kappa shape index (κ1) is 26.7.